The molecule has 0 radical (unpaired) electrons. The van der Waals surface area contributed by atoms with E-state index >= 15 is 0 Å². The average molecular weight is 439 g/mol. The number of ether oxygens (including phenoxy) is 2. The Labute approximate surface area is 191 Å². The number of nitrogens with zero attached hydrogens (tertiary/aromatic N) is 2. The quantitative estimate of drug-likeness (QED) is 0.467. The first kappa shape index (κ1) is 22.7. The van der Waals surface area contributed by atoms with Gasteiger partial charge in [0.05, 0.1) is 6.10 Å². The molecule has 2 fully saturated rings. The maximum absolute atomic E-state index is 13.4. The van der Waals surface area contributed by atoms with Gasteiger partial charge in [0.15, 0.2) is 5.88 Å². The summed E-state index contributed by atoms with van der Waals surface area (Å²) in [5, 5.41) is 0. The topological polar surface area (TPSA) is 24.9 Å². The van der Waals surface area contributed by atoms with E-state index in [4.69, 9.17) is 9.47 Å². The van der Waals surface area contributed by atoms with E-state index in [9.17, 15) is 4.39 Å². The van der Waals surface area contributed by atoms with Crippen LogP contribution in [-0.2, 0) is 17.9 Å². The standard InChI is InChI=1S/C27H35FN2O2/c1-20(2)32-27-12-8-23(9-13-27)19-31-21(3)30(18-22-6-10-24(28)11-7-22)26-14-16-29-15-4-5-25(29)17-26/h6-13,20,25-26H,3-5,14-19H2,1-2H3/t25-,26-/m0/s1. The van der Waals surface area contributed by atoms with Crippen molar-refractivity contribution in [3.05, 3.63) is 77.9 Å². The van der Waals surface area contributed by atoms with E-state index in [1.54, 1.807) is 0 Å². The molecule has 0 N–H and O–H groups in total. The summed E-state index contributed by atoms with van der Waals surface area (Å²) >= 11 is 0. The van der Waals surface area contributed by atoms with E-state index in [0.717, 1.165) is 36.3 Å². The summed E-state index contributed by atoms with van der Waals surface area (Å²) in [4.78, 5) is 4.91. The number of fused-ring (bicyclic) bond motifs is 1. The van der Waals surface area contributed by atoms with Crippen LogP contribution in [0.15, 0.2) is 61.0 Å². The van der Waals surface area contributed by atoms with E-state index in [0.29, 0.717) is 31.1 Å². The van der Waals surface area contributed by atoms with Crippen LogP contribution >= 0.6 is 0 Å². The fraction of sp³-hybridized carbons (Fsp3) is 0.481. The third kappa shape index (κ3) is 5.83. The maximum Gasteiger partial charge on any atom is 0.182 e. The van der Waals surface area contributed by atoms with E-state index < -0.39 is 0 Å². The molecule has 4 nitrogen and oxygen atoms in total. The predicted molar refractivity (Wildman–Crippen MR) is 126 cm³/mol. The molecule has 0 bridgehead atoms. The molecule has 2 saturated heterocycles. The molecule has 0 spiro atoms. The van der Waals surface area contributed by atoms with Crippen LogP contribution in [0.3, 0.4) is 0 Å². The molecule has 2 aromatic carbocycles. The predicted octanol–water partition coefficient (Wildman–Crippen LogP) is 5.73. The summed E-state index contributed by atoms with van der Waals surface area (Å²) in [7, 11) is 0. The van der Waals surface area contributed by atoms with Crippen molar-refractivity contribution in [3.63, 3.8) is 0 Å². The van der Waals surface area contributed by atoms with Crippen LogP contribution in [0.5, 0.6) is 5.75 Å². The molecule has 2 heterocycles. The number of halogens is 1. The van der Waals surface area contributed by atoms with Gasteiger partial charge < -0.3 is 19.3 Å². The van der Waals surface area contributed by atoms with Gasteiger partial charge in [0, 0.05) is 25.2 Å². The van der Waals surface area contributed by atoms with E-state index in [1.165, 1.54) is 31.5 Å². The highest BCUT2D eigenvalue weighted by molar-refractivity contribution is 5.27. The van der Waals surface area contributed by atoms with Gasteiger partial charge in [-0.15, -0.1) is 0 Å². The highest BCUT2D eigenvalue weighted by Crippen LogP contribution is 2.32. The molecule has 0 aliphatic carbocycles. The Hall–Kier alpha value is -2.53. The molecule has 2 aliphatic heterocycles. The minimum Gasteiger partial charge on any atom is -0.491 e. The summed E-state index contributed by atoms with van der Waals surface area (Å²) in [6.07, 6.45) is 4.96. The number of benzene rings is 2. The Bertz CT molecular complexity index is 882. The Morgan fingerprint density at radius 3 is 2.50 bits per heavy atom. The average Bonchev–Trinajstić information content (AvgIpc) is 3.25. The molecule has 32 heavy (non-hydrogen) atoms. The summed E-state index contributed by atoms with van der Waals surface area (Å²) in [5.74, 6) is 1.34. The molecule has 0 aromatic heterocycles. The zero-order valence-electron chi connectivity index (χ0n) is 19.3. The summed E-state index contributed by atoms with van der Waals surface area (Å²) < 4.78 is 25.3. The van der Waals surface area contributed by atoms with Gasteiger partial charge >= 0.3 is 0 Å². The lowest BCUT2D eigenvalue weighted by molar-refractivity contribution is 0.0361. The SMILES string of the molecule is C=C(OCc1ccc(OC(C)C)cc1)N(Cc1ccc(F)cc1)[C@H]1CCN2CCC[C@H]2C1. The molecular formula is C27H35FN2O2. The van der Waals surface area contributed by atoms with Crippen molar-refractivity contribution in [1.29, 1.82) is 0 Å². The van der Waals surface area contributed by atoms with Gasteiger partial charge in [-0.25, -0.2) is 4.39 Å². The highest BCUT2D eigenvalue weighted by Gasteiger charge is 2.35. The van der Waals surface area contributed by atoms with Gasteiger partial charge in [0.1, 0.15) is 18.2 Å². The third-order valence-electron chi connectivity index (χ3n) is 6.52. The summed E-state index contributed by atoms with van der Waals surface area (Å²) in [6.45, 7) is 11.8. The molecule has 4 rings (SSSR count). The van der Waals surface area contributed by atoms with Crippen molar-refractivity contribution >= 4 is 0 Å². The van der Waals surface area contributed by atoms with Gasteiger partial charge in [0.2, 0.25) is 0 Å². The van der Waals surface area contributed by atoms with Crippen LogP contribution in [0.25, 0.3) is 0 Å². The molecule has 172 valence electrons. The Kier molecular flexibility index (Phi) is 7.36. The minimum absolute atomic E-state index is 0.156. The van der Waals surface area contributed by atoms with E-state index in [2.05, 4.69) is 16.4 Å². The van der Waals surface area contributed by atoms with Crippen LogP contribution in [-0.4, -0.2) is 41.1 Å². The minimum atomic E-state index is -0.209. The van der Waals surface area contributed by atoms with Crippen molar-refractivity contribution in [2.24, 2.45) is 0 Å². The third-order valence-corrected chi connectivity index (χ3v) is 6.52. The lowest BCUT2D eigenvalue weighted by atomic mass is 9.96. The second-order valence-electron chi connectivity index (χ2n) is 9.26. The molecule has 0 amide bonds. The number of piperidine rings is 1. The zero-order chi connectivity index (χ0) is 22.5. The maximum atomic E-state index is 13.4. The first-order valence-electron chi connectivity index (χ1n) is 11.8. The smallest absolute Gasteiger partial charge is 0.182 e. The van der Waals surface area contributed by atoms with Crippen molar-refractivity contribution in [2.45, 2.75) is 70.9 Å². The molecule has 2 aromatic rings. The summed E-state index contributed by atoms with van der Waals surface area (Å²) in [5.41, 5.74) is 2.15. The van der Waals surface area contributed by atoms with E-state index in [1.807, 2.05) is 50.2 Å². The van der Waals surface area contributed by atoms with Crippen molar-refractivity contribution in [3.8, 4) is 5.75 Å². The molecule has 5 heteroatoms. The Morgan fingerprint density at radius 1 is 1.06 bits per heavy atom. The normalized spacial score (nSPS) is 20.8. The summed E-state index contributed by atoms with van der Waals surface area (Å²) in [6, 6.07) is 15.8. The highest BCUT2D eigenvalue weighted by atomic mass is 19.1. The monoisotopic (exact) mass is 438 g/mol. The van der Waals surface area contributed by atoms with Crippen LogP contribution in [0.4, 0.5) is 4.39 Å². The number of hydrogen-bond donors (Lipinski definition) is 0. The lowest BCUT2D eigenvalue weighted by Gasteiger charge is -2.42. The van der Waals surface area contributed by atoms with Crippen molar-refractivity contribution in [1.82, 2.24) is 9.80 Å². The second kappa shape index (κ2) is 10.4. The second-order valence-corrected chi connectivity index (χ2v) is 9.26. The largest absolute Gasteiger partial charge is 0.491 e. The molecule has 0 unspecified atom stereocenters. The van der Waals surface area contributed by atoms with Crippen LogP contribution in [0.1, 0.15) is 50.7 Å². The van der Waals surface area contributed by atoms with Gasteiger partial charge in [0.25, 0.3) is 0 Å². The Balaban J connectivity index is 1.42. The fourth-order valence-corrected chi connectivity index (χ4v) is 4.88. The first-order valence-corrected chi connectivity index (χ1v) is 11.8. The zero-order valence-corrected chi connectivity index (χ0v) is 19.3. The fourth-order valence-electron chi connectivity index (χ4n) is 4.88. The lowest BCUT2D eigenvalue weighted by Crippen LogP contribution is -2.47. The van der Waals surface area contributed by atoms with Crippen LogP contribution in [0, 0.1) is 5.82 Å². The van der Waals surface area contributed by atoms with Crippen LogP contribution in [0.2, 0.25) is 0 Å². The van der Waals surface area contributed by atoms with Crippen molar-refractivity contribution in [2.75, 3.05) is 13.1 Å². The van der Waals surface area contributed by atoms with E-state index in [-0.39, 0.29) is 11.9 Å². The van der Waals surface area contributed by atoms with Gasteiger partial charge in [-0.2, -0.15) is 0 Å². The molecule has 2 aliphatic rings. The number of hydrogen-bond acceptors (Lipinski definition) is 4. The van der Waals surface area contributed by atoms with Crippen molar-refractivity contribution < 1.29 is 13.9 Å². The van der Waals surface area contributed by atoms with Gasteiger partial charge in [-0.3, -0.25) is 0 Å². The molecule has 0 saturated carbocycles. The Morgan fingerprint density at radius 2 is 1.78 bits per heavy atom. The first-order chi connectivity index (χ1) is 15.5. The van der Waals surface area contributed by atoms with Gasteiger partial charge in [-0.1, -0.05) is 24.3 Å². The van der Waals surface area contributed by atoms with Gasteiger partial charge in [-0.05, 0) is 88.0 Å². The van der Waals surface area contributed by atoms with Crippen LogP contribution < -0.4 is 4.74 Å². The molecule has 2 atom stereocenters. The number of rotatable bonds is 9. The molecular weight excluding hydrogens is 403 g/mol.